The van der Waals surface area contributed by atoms with E-state index in [9.17, 15) is 0 Å². The summed E-state index contributed by atoms with van der Waals surface area (Å²) in [6.07, 6.45) is 3.49. The molecule has 0 aromatic heterocycles. The minimum atomic E-state index is 0.336. The molecule has 0 heterocycles. The molecule has 0 radical (unpaired) electrons. The number of benzene rings is 1. The Hall–Kier alpha value is -0.530. The summed E-state index contributed by atoms with van der Waals surface area (Å²) in [6.45, 7) is 9.01. The predicted octanol–water partition coefficient (Wildman–Crippen LogP) is 4.30. The summed E-state index contributed by atoms with van der Waals surface area (Å²) in [5.41, 5.74) is 1.71. The van der Waals surface area contributed by atoms with Crippen LogP contribution < -0.4 is 5.32 Å². The average molecular weight is 254 g/mol. The van der Waals surface area contributed by atoms with Crippen molar-refractivity contribution in [3.05, 3.63) is 34.9 Å². The van der Waals surface area contributed by atoms with Crippen LogP contribution in [0.4, 0.5) is 0 Å². The van der Waals surface area contributed by atoms with Gasteiger partial charge in [0.15, 0.2) is 0 Å². The van der Waals surface area contributed by atoms with Crippen molar-refractivity contribution in [3.8, 4) is 0 Å². The van der Waals surface area contributed by atoms with Gasteiger partial charge in [0, 0.05) is 11.6 Å². The van der Waals surface area contributed by atoms with Gasteiger partial charge >= 0.3 is 0 Å². The monoisotopic (exact) mass is 253 g/mol. The zero-order valence-electron chi connectivity index (χ0n) is 11.2. The first-order chi connectivity index (χ1) is 8.09. The standard InChI is InChI=1S/C15H24ClN/c1-4-10-17-12-15(3,5-2)11-13-6-8-14(16)9-7-13/h6-9,17H,4-5,10-12H2,1-3H3. The van der Waals surface area contributed by atoms with Crippen LogP contribution in [0.25, 0.3) is 0 Å². The van der Waals surface area contributed by atoms with E-state index >= 15 is 0 Å². The minimum Gasteiger partial charge on any atom is -0.316 e. The second-order valence-corrected chi connectivity index (χ2v) is 5.58. The highest BCUT2D eigenvalue weighted by atomic mass is 35.5. The summed E-state index contributed by atoms with van der Waals surface area (Å²) < 4.78 is 0. The van der Waals surface area contributed by atoms with E-state index < -0.39 is 0 Å². The summed E-state index contributed by atoms with van der Waals surface area (Å²) in [7, 11) is 0. The number of rotatable bonds is 7. The third kappa shape index (κ3) is 5.10. The number of hydrogen-bond acceptors (Lipinski definition) is 1. The molecule has 0 saturated heterocycles. The van der Waals surface area contributed by atoms with Crippen LogP contribution in [0, 0.1) is 5.41 Å². The van der Waals surface area contributed by atoms with Gasteiger partial charge in [0.05, 0.1) is 0 Å². The van der Waals surface area contributed by atoms with Gasteiger partial charge < -0.3 is 5.32 Å². The molecule has 0 spiro atoms. The molecule has 1 aromatic rings. The summed E-state index contributed by atoms with van der Waals surface area (Å²) in [5.74, 6) is 0. The lowest BCUT2D eigenvalue weighted by atomic mass is 9.81. The number of hydrogen-bond donors (Lipinski definition) is 1. The molecule has 0 aliphatic heterocycles. The Morgan fingerprint density at radius 1 is 1.18 bits per heavy atom. The largest absolute Gasteiger partial charge is 0.316 e. The van der Waals surface area contributed by atoms with Crippen LogP contribution in [0.5, 0.6) is 0 Å². The van der Waals surface area contributed by atoms with Crippen LogP contribution in [0.2, 0.25) is 5.02 Å². The van der Waals surface area contributed by atoms with E-state index in [4.69, 9.17) is 11.6 Å². The lowest BCUT2D eigenvalue weighted by Crippen LogP contribution is -2.33. The quantitative estimate of drug-likeness (QED) is 0.715. The van der Waals surface area contributed by atoms with Crippen molar-refractivity contribution in [2.45, 2.75) is 40.0 Å². The van der Waals surface area contributed by atoms with Crippen LogP contribution in [0.15, 0.2) is 24.3 Å². The van der Waals surface area contributed by atoms with Crippen molar-refractivity contribution >= 4 is 11.6 Å². The molecule has 0 bridgehead atoms. The highest BCUT2D eigenvalue weighted by Gasteiger charge is 2.21. The Morgan fingerprint density at radius 2 is 1.82 bits per heavy atom. The summed E-state index contributed by atoms with van der Waals surface area (Å²) in [6, 6.07) is 8.23. The topological polar surface area (TPSA) is 12.0 Å². The van der Waals surface area contributed by atoms with Crippen LogP contribution >= 0.6 is 11.6 Å². The highest BCUT2D eigenvalue weighted by Crippen LogP contribution is 2.26. The first-order valence-electron chi connectivity index (χ1n) is 6.55. The fourth-order valence-electron chi connectivity index (χ4n) is 1.97. The molecule has 1 rings (SSSR count). The third-order valence-corrected chi connectivity index (χ3v) is 3.63. The summed E-state index contributed by atoms with van der Waals surface area (Å²) in [4.78, 5) is 0. The molecule has 1 N–H and O–H groups in total. The SMILES string of the molecule is CCCNCC(C)(CC)Cc1ccc(Cl)cc1. The second-order valence-electron chi connectivity index (χ2n) is 5.14. The van der Waals surface area contributed by atoms with E-state index in [-0.39, 0.29) is 0 Å². The Balaban J connectivity index is 2.58. The molecule has 1 atom stereocenters. The molecule has 0 amide bonds. The van der Waals surface area contributed by atoms with Gasteiger partial charge in [0.2, 0.25) is 0 Å². The van der Waals surface area contributed by atoms with Gasteiger partial charge in [-0.1, -0.05) is 44.5 Å². The molecule has 2 heteroatoms. The van der Waals surface area contributed by atoms with Gasteiger partial charge in [-0.3, -0.25) is 0 Å². The van der Waals surface area contributed by atoms with E-state index in [1.54, 1.807) is 0 Å². The van der Waals surface area contributed by atoms with E-state index in [1.807, 2.05) is 12.1 Å². The van der Waals surface area contributed by atoms with Gasteiger partial charge in [-0.05, 0) is 48.9 Å². The fraction of sp³-hybridized carbons (Fsp3) is 0.600. The van der Waals surface area contributed by atoms with Crippen LogP contribution in [-0.4, -0.2) is 13.1 Å². The van der Waals surface area contributed by atoms with E-state index in [2.05, 4.69) is 38.2 Å². The fourth-order valence-corrected chi connectivity index (χ4v) is 2.10. The average Bonchev–Trinajstić information content (AvgIpc) is 2.33. The molecule has 96 valence electrons. The van der Waals surface area contributed by atoms with Crippen molar-refractivity contribution in [2.24, 2.45) is 5.41 Å². The van der Waals surface area contributed by atoms with Gasteiger partial charge in [-0.2, -0.15) is 0 Å². The van der Waals surface area contributed by atoms with Crippen LogP contribution in [-0.2, 0) is 6.42 Å². The molecule has 1 nitrogen and oxygen atoms in total. The highest BCUT2D eigenvalue weighted by molar-refractivity contribution is 6.30. The normalized spacial score (nSPS) is 14.6. The molecule has 0 fully saturated rings. The van der Waals surface area contributed by atoms with E-state index in [0.29, 0.717) is 5.41 Å². The Kier molecular flexibility index (Phi) is 6.01. The van der Waals surface area contributed by atoms with Crippen molar-refractivity contribution in [1.29, 1.82) is 0 Å². The van der Waals surface area contributed by atoms with Crippen molar-refractivity contribution in [3.63, 3.8) is 0 Å². The van der Waals surface area contributed by atoms with Gasteiger partial charge in [-0.25, -0.2) is 0 Å². The lowest BCUT2D eigenvalue weighted by Gasteiger charge is -2.29. The zero-order chi connectivity index (χ0) is 12.7. The zero-order valence-corrected chi connectivity index (χ0v) is 12.0. The number of halogens is 1. The summed E-state index contributed by atoms with van der Waals surface area (Å²) >= 11 is 5.91. The Labute approximate surface area is 111 Å². The molecule has 0 aliphatic rings. The smallest absolute Gasteiger partial charge is 0.0406 e. The van der Waals surface area contributed by atoms with Crippen molar-refractivity contribution < 1.29 is 0 Å². The van der Waals surface area contributed by atoms with Gasteiger partial charge in [0.25, 0.3) is 0 Å². The Bertz CT molecular complexity index is 320. The van der Waals surface area contributed by atoms with Crippen LogP contribution in [0.1, 0.15) is 39.2 Å². The molecule has 17 heavy (non-hydrogen) atoms. The maximum atomic E-state index is 5.91. The Morgan fingerprint density at radius 3 is 2.35 bits per heavy atom. The second kappa shape index (κ2) is 7.03. The summed E-state index contributed by atoms with van der Waals surface area (Å²) in [5, 5.41) is 4.35. The molecule has 1 aromatic carbocycles. The predicted molar refractivity (Wildman–Crippen MR) is 76.7 cm³/mol. The molecular weight excluding hydrogens is 230 g/mol. The van der Waals surface area contributed by atoms with Crippen LogP contribution in [0.3, 0.4) is 0 Å². The van der Waals surface area contributed by atoms with E-state index in [0.717, 1.165) is 24.5 Å². The molecule has 1 unspecified atom stereocenters. The maximum absolute atomic E-state index is 5.91. The van der Waals surface area contributed by atoms with E-state index in [1.165, 1.54) is 18.4 Å². The first-order valence-corrected chi connectivity index (χ1v) is 6.92. The minimum absolute atomic E-state index is 0.336. The first kappa shape index (κ1) is 14.5. The maximum Gasteiger partial charge on any atom is 0.0406 e. The van der Waals surface area contributed by atoms with Gasteiger partial charge in [-0.15, -0.1) is 0 Å². The number of nitrogens with one attached hydrogen (secondary N) is 1. The molecule has 0 saturated carbocycles. The molecule has 0 aliphatic carbocycles. The molecular formula is C15H24ClN. The van der Waals surface area contributed by atoms with Crippen molar-refractivity contribution in [2.75, 3.05) is 13.1 Å². The van der Waals surface area contributed by atoms with Crippen molar-refractivity contribution in [1.82, 2.24) is 5.32 Å². The third-order valence-electron chi connectivity index (χ3n) is 3.38. The van der Waals surface area contributed by atoms with Gasteiger partial charge in [0.1, 0.15) is 0 Å². The lowest BCUT2D eigenvalue weighted by molar-refractivity contribution is 0.291.